The molecule has 0 bridgehead atoms. The zero-order valence-electron chi connectivity index (χ0n) is 43.2. The Morgan fingerprint density at radius 1 is 0.682 bits per heavy atom. The lowest BCUT2D eigenvalue weighted by Crippen LogP contribution is -2.60. The Morgan fingerprint density at radius 2 is 1.20 bits per heavy atom. The number of allylic oxidation sites excluding steroid dienone is 21. The minimum atomic E-state index is -1.49. The second kappa shape index (κ2) is 28.7. The molecule has 1 aliphatic heterocycles. The number of aliphatic hydroxyl groups is 3. The van der Waals surface area contributed by atoms with Crippen LogP contribution in [0.2, 0.25) is 0 Å². The third-order valence-electron chi connectivity index (χ3n) is 13.4. The smallest absolute Gasteiger partial charge is 0.305 e. The van der Waals surface area contributed by atoms with E-state index in [1.807, 2.05) is 0 Å². The molecule has 3 aliphatic rings. The fraction of sp³-hybridized carbons (Fsp3) is 0.610. The van der Waals surface area contributed by atoms with E-state index in [0.29, 0.717) is 19.3 Å². The molecular weight excluding hydrogens is 821 g/mol. The van der Waals surface area contributed by atoms with Gasteiger partial charge in [0.05, 0.1) is 6.10 Å². The minimum Gasteiger partial charge on any atom is -0.463 e. The highest BCUT2D eigenvalue weighted by Crippen LogP contribution is 2.43. The maximum Gasteiger partial charge on any atom is 0.305 e. The van der Waals surface area contributed by atoms with E-state index in [1.54, 1.807) is 0 Å². The second-order valence-electron chi connectivity index (χ2n) is 21.2. The van der Waals surface area contributed by atoms with Crippen molar-refractivity contribution in [2.24, 2.45) is 16.7 Å². The number of hydrogen-bond donors (Lipinski definition) is 3. The predicted octanol–water partition coefficient (Wildman–Crippen LogP) is 14.1. The zero-order valence-corrected chi connectivity index (χ0v) is 43.2. The monoisotopic (exact) mass is 911 g/mol. The molecule has 2 aliphatic carbocycles. The molecule has 0 spiro atoms. The maximum atomic E-state index is 12.5. The van der Waals surface area contributed by atoms with Crippen molar-refractivity contribution in [1.82, 2.24) is 0 Å². The summed E-state index contributed by atoms with van der Waals surface area (Å²) in [6.07, 6.45) is 37.6. The van der Waals surface area contributed by atoms with Crippen LogP contribution in [-0.4, -0.2) is 64.7 Å². The highest BCUT2D eigenvalue weighted by atomic mass is 16.7. The summed E-state index contributed by atoms with van der Waals surface area (Å²) in [6.45, 7) is 26.2. The molecule has 6 atom stereocenters. The van der Waals surface area contributed by atoms with E-state index in [1.165, 1.54) is 84.8 Å². The number of carbonyl (C=O) groups is 1. The molecule has 7 nitrogen and oxygen atoms in total. The average Bonchev–Trinajstić information content (AvgIpc) is 3.23. The van der Waals surface area contributed by atoms with Gasteiger partial charge in [-0.15, -0.1) is 0 Å². The van der Waals surface area contributed by atoms with Gasteiger partial charge in [-0.1, -0.05) is 205 Å². The summed E-state index contributed by atoms with van der Waals surface area (Å²) in [7, 11) is 0. The first kappa shape index (κ1) is 56.7. The maximum absolute atomic E-state index is 12.5. The van der Waals surface area contributed by atoms with E-state index in [2.05, 4.69) is 168 Å². The third-order valence-corrected chi connectivity index (χ3v) is 13.4. The minimum absolute atomic E-state index is 0.220. The Kier molecular flexibility index (Phi) is 24.6. The summed E-state index contributed by atoms with van der Waals surface area (Å²) in [4.78, 5) is 12.5. The molecule has 3 N–H and O–H groups in total. The van der Waals surface area contributed by atoms with Crippen molar-refractivity contribution in [2.45, 2.75) is 210 Å². The fourth-order valence-electron chi connectivity index (χ4n) is 9.33. The fourth-order valence-corrected chi connectivity index (χ4v) is 9.33. The van der Waals surface area contributed by atoms with Gasteiger partial charge in [-0.05, 0) is 108 Å². The summed E-state index contributed by atoms with van der Waals surface area (Å²) in [5.74, 6) is 0.404. The SMILES string of the molecule is CC1=C(/C=C/C(C)=C/C=C/C(C)=C/C=C/C=C(C)/C=C/C=C(C)/C=C/C2=C(C)C[C@@H](OC3OC(COC(=O)CCCCCCCCCC(C)C)C(O)C(O)C3O)CC2(C)C)C(C)(C)CCC1. The van der Waals surface area contributed by atoms with Gasteiger partial charge < -0.3 is 29.5 Å². The molecule has 0 aromatic carbocycles. The number of ether oxygens (including phenoxy) is 3. The van der Waals surface area contributed by atoms with Gasteiger partial charge in [-0.2, -0.15) is 0 Å². The van der Waals surface area contributed by atoms with Crippen LogP contribution < -0.4 is 0 Å². The quantitative estimate of drug-likeness (QED) is 0.0503. The van der Waals surface area contributed by atoms with Crippen LogP contribution in [0.4, 0.5) is 0 Å². The third kappa shape index (κ3) is 20.3. The van der Waals surface area contributed by atoms with Crippen molar-refractivity contribution < 1.29 is 34.3 Å². The number of aliphatic hydroxyl groups excluding tert-OH is 3. The molecule has 0 radical (unpaired) electrons. The lowest BCUT2D eigenvalue weighted by Gasteiger charge is -2.43. The normalized spacial score (nSPS) is 26.2. The van der Waals surface area contributed by atoms with Crippen LogP contribution in [0.3, 0.4) is 0 Å². The molecule has 0 saturated carbocycles. The van der Waals surface area contributed by atoms with Crippen molar-refractivity contribution >= 4 is 5.97 Å². The summed E-state index contributed by atoms with van der Waals surface area (Å²) in [6, 6.07) is 0. The molecule has 0 aromatic rings. The van der Waals surface area contributed by atoms with Crippen LogP contribution in [0.1, 0.15) is 173 Å². The van der Waals surface area contributed by atoms with Crippen LogP contribution in [0.25, 0.3) is 0 Å². The van der Waals surface area contributed by atoms with Gasteiger partial charge in [-0.25, -0.2) is 0 Å². The van der Waals surface area contributed by atoms with Crippen molar-refractivity contribution in [2.75, 3.05) is 6.61 Å². The Labute approximate surface area is 401 Å². The second-order valence-corrected chi connectivity index (χ2v) is 21.2. The van der Waals surface area contributed by atoms with Gasteiger partial charge in [-0.3, -0.25) is 4.79 Å². The molecule has 1 heterocycles. The van der Waals surface area contributed by atoms with Crippen LogP contribution >= 0.6 is 0 Å². The molecule has 5 unspecified atom stereocenters. The van der Waals surface area contributed by atoms with Gasteiger partial charge in [0.25, 0.3) is 0 Å². The summed E-state index contributed by atoms with van der Waals surface area (Å²) < 4.78 is 17.7. The van der Waals surface area contributed by atoms with E-state index in [9.17, 15) is 20.1 Å². The first-order valence-electron chi connectivity index (χ1n) is 25.2. The van der Waals surface area contributed by atoms with E-state index in [0.717, 1.165) is 36.3 Å². The topological polar surface area (TPSA) is 105 Å². The first-order valence-corrected chi connectivity index (χ1v) is 25.2. The molecule has 1 fully saturated rings. The Morgan fingerprint density at radius 3 is 1.74 bits per heavy atom. The summed E-state index contributed by atoms with van der Waals surface area (Å²) in [5, 5.41) is 32.2. The molecule has 3 rings (SSSR count). The van der Waals surface area contributed by atoms with Crippen LogP contribution in [0, 0.1) is 16.7 Å². The van der Waals surface area contributed by atoms with Crippen molar-refractivity contribution in [3.05, 3.63) is 130 Å². The van der Waals surface area contributed by atoms with Crippen molar-refractivity contribution in [3.8, 4) is 0 Å². The average molecular weight is 911 g/mol. The number of esters is 1. The van der Waals surface area contributed by atoms with Gasteiger partial charge >= 0.3 is 5.97 Å². The highest BCUT2D eigenvalue weighted by Gasteiger charge is 2.46. The van der Waals surface area contributed by atoms with Crippen molar-refractivity contribution in [3.63, 3.8) is 0 Å². The van der Waals surface area contributed by atoms with Gasteiger partial charge in [0.2, 0.25) is 0 Å². The van der Waals surface area contributed by atoms with E-state index in [4.69, 9.17) is 14.2 Å². The van der Waals surface area contributed by atoms with Gasteiger partial charge in [0.1, 0.15) is 31.0 Å². The number of carbonyl (C=O) groups excluding carboxylic acids is 1. The van der Waals surface area contributed by atoms with Crippen LogP contribution in [0.5, 0.6) is 0 Å². The van der Waals surface area contributed by atoms with E-state index < -0.39 is 30.7 Å². The standard InChI is InChI=1S/C59H90O7/c1-42(2)25-18-16-14-13-15-17-19-33-53(60)64-41-52-54(61)55(62)56(63)57(66-52)65-49-39-48(8)51(59(11,12)40-49)37-35-46(6)31-23-29-44(4)27-21-20-26-43(3)28-22-30-45(5)34-36-50-47(7)32-24-38-58(50,9)10/h20-23,26-31,34-37,42,49,52,54-57,61-63H,13-19,24-25,32-33,38-41H2,1-12H3/b21-20+,28-22+,29-23+,36-34+,37-35+,43-26+,44-27+,45-30+,46-31+/t49-,52?,54?,55?,56?,57?/m1/s1. The molecule has 7 heteroatoms. The molecule has 0 amide bonds. The molecule has 368 valence electrons. The van der Waals surface area contributed by atoms with Crippen LogP contribution in [0.15, 0.2) is 130 Å². The Hall–Kier alpha value is -3.59. The molecule has 1 saturated heterocycles. The lowest BCUT2D eigenvalue weighted by molar-refractivity contribution is -0.313. The molecular formula is C59H90O7. The van der Waals surface area contributed by atoms with E-state index in [-0.39, 0.29) is 29.5 Å². The number of hydrogen-bond acceptors (Lipinski definition) is 7. The van der Waals surface area contributed by atoms with Crippen molar-refractivity contribution in [1.29, 1.82) is 0 Å². The number of unbranched alkanes of at least 4 members (excludes halogenated alkanes) is 6. The van der Waals surface area contributed by atoms with Gasteiger partial charge in [0, 0.05) is 6.42 Å². The summed E-state index contributed by atoms with van der Waals surface area (Å²) >= 11 is 0. The predicted molar refractivity (Wildman–Crippen MR) is 276 cm³/mol. The lowest BCUT2D eigenvalue weighted by atomic mass is 9.71. The van der Waals surface area contributed by atoms with E-state index >= 15 is 0 Å². The largest absolute Gasteiger partial charge is 0.463 e. The highest BCUT2D eigenvalue weighted by molar-refractivity contribution is 5.69. The molecule has 66 heavy (non-hydrogen) atoms. The summed E-state index contributed by atoms with van der Waals surface area (Å²) in [5.41, 5.74) is 10.2. The molecule has 0 aromatic heterocycles. The Bertz CT molecular complexity index is 1890. The number of rotatable bonds is 24. The van der Waals surface area contributed by atoms with Crippen LogP contribution in [-0.2, 0) is 19.0 Å². The first-order chi connectivity index (χ1) is 31.2. The van der Waals surface area contributed by atoms with Gasteiger partial charge in [0.15, 0.2) is 6.29 Å². The Balaban J connectivity index is 1.47. The zero-order chi connectivity index (χ0) is 48.9.